The lowest BCUT2D eigenvalue weighted by Crippen LogP contribution is -2.49. The highest BCUT2D eigenvalue weighted by atomic mass is 16.4. The Morgan fingerprint density at radius 1 is 1.32 bits per heavy atom. The molecule has 0 bridgehead atoms. The molecule has 6 heteroatoms. The van der Waals surface area contributed by atoms with Gasteiger partial charge in [-0.2, -0.15) is 0 Å². The molecule has 0 unspecified atom stereocenters. The molecule has 3 rings (SSSR count). The maximum Gasteiger partial charge on any atom is 0.331 e. The van der Waals surface area contributed by atoms with Gasteiger partial charge in [-0.3, -0.25) is 0 Å². The second kappa shape index (κ2) is 4.46. The largest absolute Gasteiger partial charge is 0.479 e. The molecule has 1 aliphatic carbocycles. The fourth-order valence-corrected chi connectivity index (χ4v) is 2.45. The molecule has 0 amide bonds. The van der Waals surface area contributed by atoms with E-state index in [4.69, 9.17) is 0 Å². The number of carboxylic acids is 1. The number of rotatable bonds is 4. The minimum absolute atomic E-state index is 0.545. The van der Waals surface area contributed by atoms with Gasteiger partial charge in [-0.25, -0.2) is 9.48 Å². The summed E-state index contributed by atoms with van der Waals surface area (Å²) in [7, 11) is 0. The first-order chi connectivity index (χ1) is 9.22. The van der Waals surface area contributed by atoms with E-state index >= 15 is 0 Å². The van der Waals surface area contributed by atoms with Gasteiger partial charge in [0.15, 0.2) is 11.4 Å². The number of carbonyl (C=O) groups is 1. The molecule has 0 radical (unpaired) electrons. The predicted molar refractivity (Wildman–Crippen MR) is 66.5 cm³/mol. The van der Waals surface area contributed by atoms with E-state index in [1.54, 1.807) is 0 Å². The molecule has 6 nitrogen and oxygen atoms in total. The summed E-state index contributed by atoms with van der Waals surface area (Å²) in [6, 6.07) is 9.79. The van der Waals surface area contributed by atoms with Gasteiger partial charge in [-0.15, -0.1) is 5.10 Å². The third kappa shape index (κ3) is 1.89. The van der Waals surface area contributed by atoms with Gasteiger partial charge in [-0.05, 0) is 35.3 Å². The van der Waals surface area contributed by atoms with E-state index in [1.165, 1.54) is 4.68 Å². The average Bonchev–Trinajstić information content (AvgIpc) is 2.77. The standard InChI is InChI=1S/C13H14N4O2/c18-12(19)13(7-4-8-13)17-11(14-15-16-17)9-10-5-2-1-3-6-10/h1-3,5-6H,4,7-9H2,(H,18,19). The number of nitrogens with zero attached hydrogens (tertiary/aromatic N) is 4. The van der Waals surface area contributed by atoms with Gasteiger partial charge in [0.1, 0.15) is 0 Å². The predicted octanol–water partition coefficient (Wildman–Crippen LogP) is 1.23. The smallest absolute Gasteiger partial charge is 0.331 e. The quantitative estimate of drug-likeness (QED) is 0.892. The number of tetrazole rings is 1. The molecule has 98 valence electrons. The Bertz CT molecular complexity index is 590. The third-order valence-corrected chi connectivity index (χ3v) is 3.72. The Hall–Kier alpha value is -2.24. The van der Waals surface area contributed by atoms with Crippen molar-refractivity contribution in [3.05, 3.63) is 41.7 Å². The summed E-state index contributed by atoms with van der Waals surface area (Å²) >= 11 is 0. The topological polar surface area (TPSA) is 80.9 Å². The molecule has 1 heterocycles. The van der Waals surface area contributed by atoms with Crippen molar-refractivity contribution in [3.8, 4) is 0 Å². The molecule has 0 saturated heterocycles. The summed E-state index contributed by atoms with van der Waals surface area (Å²) in [4.78, 5) is 11.5. The first kappa shape index (κ1) is 11.8. The maximum atomic E-state index is 11.5. The lowest BCUT2D eigenvalue weighted by molar-refractivity contribution is -0.153. The van der Waals surface area contributed by atoms with Gasteiger partial charge in [0.2, 0.25) is 0 Å². The van der Waals surface area contributed by atoms with Crippen molar-refractivity contribution in [3.63, 3.8) is 0 Å². The van der Waals surface area contributed by atoms with E-state index in [2.05, 4.69) is 15.5 Å². The molecule has 1 aromatic heterocycles. The number of hydrogen-bond donors (Lipinski definition) is 1. The molecule has 1 fully saturated rings. The zero-order valence-electron chi connectivity index (χ0n) is 10.4. The lowest BCUT2D eigenvalue weighted by atomic mass is 9.77. The second-order valence-corrected chi connectivity index (χ2v) is 4.86. The van der Waals surface area contributed by atoms with Crippen molar-refractivity contribution < 1.29 is 9.90 Å². The van der Waals surface area contributed by atoms with Crippen LogP contribution in [0.25, 0.3) is 0 Å². The van der Waals surface area contributed by atoms with Gasteiger partial charge in [0, 0.05) is 6.42 Å². The van der Waals surface area contributed by atoms with Crippen LogP contribution in [0, 0.1) is 0 Å². The van der Waals surface area contributed by atoms with E-state index in [9.17, 15) is 9.90 Å². The van der Waals surface area contributed by atoms with Crippen LogP contribution in [0.2, 0.25) is 0 Å². The minimum atomic E-state index is -0.937. The van der Waals surface area contributed by atoms with Crippen LogP contribution < -0.4 is 0 Å². The van der Waals surface area contributed by atoms with Gasteiger partial charge < -0.3 is 5.11 Å². The second-order valence-electron chi connectivity index (χ2n) is 4.86. The van der Waals surface area contributed by atoms with Gasteiger partial charge in [-0.1, -0.05) is 30.3 Å². The molecular formula is C13H14N4O2. The molecule has 0 atom stereocenters. The van der Waals surface area contributed by atoms with Gasteiger partial charge in [0.25, 0.3) is 0 Å². The van der Waals surface area contributed by atoms with Crippen molar-refractivity contribution in [2.45, 2.75) is 31.2 Å². The van der Waals surface area contributed by atoms with E-state index < -0.39 is 11.5 Å². The van der Waals surface area contributed by atoms with Crippen LogP contribution in [0.15, 0.2) is 30.3 Å². The van der Waals surface area contributed by atoms with Gasteiger partial charge in [0.05, 0.1) is 0 Å². The number of carboxylic acid groups (broad SMARTS) is 1. The van der Waals surface area contributed by atoms with Crippen LogP contribution in [0.1, 0.15) is 30.7 Å². The lowest BCUT2D eigenvalue weighted by Gasteiger charge is -2.37. The highest BCUT2D eigenvalue weighted by molar-refractivity contribution is 5.77. The van der Waals surface area contributed by atoms with Crippen LogP contribution in [-0.2, 0) is 16.8 Å². The highest BCUT2D eigenvalue weighted by Gasteiger charge is 2.48. The molecule has 0 aliphatic heterocycles. The molecule has 1 aromatic carbocycles. The van der Waals surface area contributed by atoms with E-state index in [0.29, 0.717) is 25.1 Å². The number of hydrogen-bond acceptors (Lipinski definition) is 4. The average molecular weight is 258 g/mol. The van der Waals surface area contributed by atoms with Crippen molar-refractivity contribution >= 4 is 5.97 Å². The summed E-state index contributed by atoms with van der Waals surface area (Å²) in [5.74, 6) is -0.242. The van der Waals surface area contributed by atoms with E-state index in [1.807, 2.05) is 30.3 Å². The van der Waals surface area contributed by atoms with Crippen molar-refractivity contribution in [2.24, 2.45) is 0 Å². The van der Waals surface area contributed by atoms with Crippen molar-refractivity contribution in [1.29, 1.82) is 0 Å². The first-order valence-electron chi connectivity index (χ1n) is 6.27. The molecule has 2 aromatic rings. The zero-order valence-corrected chi connectivity index (χ0v) is 10.4. The molecule has 1 N–H and O–H groups in total. The first-order valence-corrected chi connectivity index (χ1v) is 6.27. The summed E-state index contributed by atoms with van der Waals surface area (Å²) in [6.45, 7) is 0. The Morgan fingerprint density at radius 3 is 2.63 bits per heavy atom. The molecule has 0 spiro atoms. The molecule has 1 saturated carbocycles. The number of benzene rings is 1. The number of aromatic nitrogens is 4. The van der Waals surface area contributed by atoms with Crippen molar-refractivity contribution in [2.75, 3.05) is 0 Å². The highest BCUT2D eigenvalue weighted by Crippen LogP contribution is 2.39. The van der Waals surface area contributed by atoms with E-state index in [-0.39, 0.29) is 0 Å². The Kier molecular flexibility index (Phi) is 2.77. The molecular weight excluding hydrogens is 244 g/mol. The molecule has 19 heavy (non-hydrogen) atoms. The van der Waals surface area contributed by atoms with Gasteiger partial charge >= 0.3 is 5.97 Å². The van der Waals surface area contributed by atoms with Crippen LogP contribution in [-0.4, -0.2) is 31.3 Å². The SMILES string of the molecule is O=C(O)C1(n2nnnc2Cc2ccccc2)CCC1. The van der Waals surface area contributed by atoms with Crippen molar-refractivity contribution in [1.82, 2.24) is 20.2 Å². The number of aliphatic carboxylic acids is 1. The third-order valence-electron chi connectivity index (χ3n) is 3.72. The van der Waals surface area contributed by atoms with Crippen LogP contribution >= 0.6 is 0 Å². The molecule has 1 aliphatic rings. The fourth-order valence-electron chi connectivity index (χ4n) is 2.45. The van der Waals surface area contributed by atoms with Crippen LogP contribution in [0.4, 0.5) is 0 Å². The Morgan fingerprint density at radius 2 is 2.05 bits per heavy atom. The van der Waals surface area contributed by atoms with Crippen LogP contribution in [0.5, 0.6) is 0 Å². The Balaban J connectivity index is 1.93. The summed E-state index contributed by atoms with van der Waals surface area (Å²) in [5, 5.41) is 21.0. The van der Waals surface area contributed by atoms with Crippen LogP contribution in [0.3, 0.4) is 0 Å². The zero-order chi connectivity index (χ0) is 13.3. The van der Waals surface area contributed by atoms with E-state index in [0.717, 1.165) is 12.0 Å². The normalized spacial score (nSPS) is 16.8. The summed E-state index contributed by atoms with van der Waals surface area (Å²) < 4.78 is 1.49. The minimum Gasteiger partial charge on any atom is -0.479 e. The summed E-state index contributed by atoms with van der Waals surface area (Å²) in [5.41, 5.74) is 0.131. The Labute approximate surface area is 110 Å². The summed E-state index contributed by atoms with van der Waals surface area (Å²) in [6.07, 6.45) is 2.63. The monoisotopic (exact) mass is 258 g/mol. The maximum absolute atomic E-state index is 11.5. The fraction of sp³-hybridized carbons (Fsp3) is 0.385.